The molecule has 1 aliphatic heterocycles. The number of hydrogen-bond acceptors (Lipinski definition) is 1. The van der Waals surface area contributed by atoms with Crippen LogP contribution in [0.4, 0.5) is 11.4 Å². The van der Waals surface area contributed by atoms with Gasteiger partial charge in [-0.25, -0.2) is 0 Å². The number of nitrogens with zero attached hydrogens (tertiary/aromatic N) is 1. The lowest BCUT2D eigenvalue weighted by Crippen LogP contribution is -2.52. The summed E-state index contributed by atoms with van der Waals surface area (Å²) in [6.45, 7) is 0. The van der Waals surface area contributed by atoms with Crippen LogP contribution >= 0.6 is 0 Å². The van der Waals surface area contributed by atoms with Gasteiger partial charge in [0, 0.05) is 17.3 Å². The van der Waals surface area contributed by atoms with Crippen LogP contribution in [0.1, 0.15) is 16.7 Å². The quantitative estimate of drug-likeness (QED) is 0.186. The first-order valence-electron chi connectivity index (χ1n) is 17.6. The highest BCUT2D eigenvalue weighted by Crippen LogP contribution is 2.64. The molecule has 0 fully saturated rings. The van der Waals surface area contributed by atoms with Gasteiger partial charge < -0.3 is 4.90 Å². The highest BCUT2D eigenvalue weighted by molar-refractivity contribution is 5.94. The topological polar surface area (TPSA) is 3.24 Å². The van der Waals surface area contributed by atoms with Crippen molar-refractivity contribution in [3.05, 3.63) is 217 Å². The Balaban J connectivity index is 1.16. The molecule has 2 aliphatic carbocycles. The zero-order valence-electron chi connectivity index (χ0n) is 27.7. The molecule has 0 amide bonds. The third kappa shape index (κ3) is 4.20. The van der Waals surface area contributed by atoms with Gasteiger partial charge in [-0.1, -0.05) is 182 Å². The highest BCUT2D eigenvalue weighted by Gasteiger charge is 2.57. The monoisotopic (exact) mass is 637 g/mol. The average Bonchev–Trinajstić information content (AvgIpc) is 3.50. The van der Waals surface area contributed by atoms with Gasteiger partial charge in [-0.2, -0.15) is 0 Å². The number of anilines is 2. The van der Waals surface area contributed by atoms with Crippen LogP contribution in [0.25, 0.3) is 44.5 Å². The lowest BCUT2D eigenvalue weighted by molar-refractivity contribution is 0.393. The maximum absolute atomic E-state index is 2.56. The van der Waals surface area contributed by atoms with Crippen molar-refractivity contribution in [2.75, 3.05) is 4.90 Å². The Morgan fingerprint density at radius 2 is 0.900 bits per heavy atom. The van der Waals surface area contributed by atoms with Crippen molar-refractivity contribution in [3.8, 4) is 44.5 Å². The summed E-state index contributed by atoms with van der Waals surface area (Å²) in [5, 5.41) is 0. The fraction of sp³-hybridized carbons (Fsp3) is 0.0612. The number of rotatable bonds is 4. The van der Waals surface area contributed by atoms with Crippen LogP contribution in [0, 0.1) is 5.92 Å². The minimum atomic E-state index is -0.373. The predicted molar refractivity (Wildman–Crippen MR) is 209 cm³/mol. The van der Waals surface area contributed by atoms with E-state index in [1.54, 1.807) is 0 Å². The van der Waals surface area contributed by atoms with Gasteiger partial charge in [-0.05, 0) is 79.4 Å². The van der Waals surface area contributed by atoms with Crippen molar-refractivity contribution in [1.29, 1.82) is 0 Å². The number of fused-ring (bicyclic) bond motifs is 9. The Hall–Kier alpha value is -6.18. The molecule has 50 heavy (non-hydrogen) atoms. The van der Waals surface area contributed by atoms with Crippen LogP contribution in [-0.2, 0) is 5.41 Å². The molecule has 10 rings (SSSR count). The maximum Gasteiger partial charge on any atom is 0.0603 e. The molecule has 1 heterocycles. The fourth-order valence-electron chi connectivity index (χ4n) is 9.09. The summed E-state index contributed by atoms with van der Waals surface area (Å²) in [6.07, 6.45) is 9.39. The van der Waals surface area contributed by atoms with Crippen LogP contribution in [0.5, 0.6) is 0 Å². The molecular formula is C49H35N. The Bertz CT molecular complexity index is 2420. The molecule has 0 saturated carbocycles. The first kappa shape index (κ1) is 28.8. The number of para-hydroxylation sites is 2. The van der Waals surface area contributed by atoms with E-state index >= 15 is 0 Å². The summed E-state index contributed by atoms with van der Waals surface area (Å²) in [7, 11) is 0. The summed E-state index contributed by atoms with van der Waals surface area (Å²) >= 11 is 0. The van der Waals surface area contributed by atoms with Crippen LogP contribution in [0.2, 0.25) is 0 Å². The molecule has 0 bridgehead atoms. The normalized spacial score (nSPS) is 19.5. The molecule has 3 atom stereocenters. The standard InChI is InChI=1S/C49H35N/c1-3-14-34(15-4-1)35-26-28-36(29-27-35)37-30-32-38(33-31-37)40-19-13-20-42-41-18-7-8-21-43(41)49(48(40)42)44-22-9-11-24-46(44)50(39-16-5-2-6-17-39)47-25-12-10-23-45(47)49/h1-33,44,46H. The summed E-state index contributed by atoms with van der Waals surface area (Å²) in [6, 6.07) is 65.0. The van der Waals surface area contributed by atoms with Crippen molar-refractivity contribution < 1.29 is 0 Å². The van der Waals surface area contributed by atoms with Gasteiger partial charge in [0.2, 0.25) is 0 Å². The van der Waals surface area contributed by atoms with Crippen molar-refractivity contribution in [3.63, 3.8) is 0 Å². The number of hydrogen-bond donors (Lipinski definition) is 0. The van der Waals surface area contributed by atoms with Gasteiger partial charge in [-0.15, -0.1) is 0 Å². The number of allylic oxidation sites excluding steroid dienone is 2. The SMILES string of the molecule is C1=CC2C(C=C1)C1(c3ccccc3-c3cccc(-c4ccc(-c5ccc(-c6ccccc6)cc5)cc4)c31)c1ccccc1N2c1ccccc1. The van der Waals surface area contributed by atoms with Crippen LogP contribution in [0.15, 0.2) is 200 Å². The van der Waals surface area contributed by atoms with E-state index in [9.17, 15) is 0 Å². The van der Waals surface area contributed by atoms with Crippen LogP contribution in [0.3, 0.4) is 0 Å². The third-order valence-electron chi connectivity index (χ3n) is 11.1. The predicted octanol–water partition coefficient (Wildman–Crippen LogP) is 12.3. The van der Waals surface area contributed by atoms with Gasteiger partial charge in [0.25, 0.3) is 0 Å². The van der Waals surface area contributed by atoms with Gasteiger partial charge in [0.05, 0.1) is 11.5 Å². The Morgan fingerprint density at radius 3 is 1.62 bits per heavy atom. The molecule has 236 valence electrons. The van der Waals surface area contributed by atoms with E-state index in [1.807, 2.05) is 0 Å². The molecule has 3 unspecified atom stereocenters. The minimum absolute atomic E-state index is 0.144. The van der Waals surface area contributed by atoms with Gasteiger partial charge in [0.1, 0.15) is 0 Å². The molecule has 1 heteroatoms. The second-order valence-corrected chi connectivity index (χ2v) is 13.6. The van der Waals surface area contributed by atoms with Crippen molar-refractivity contribution in [2.45, 2.75) is 11.5 Å². The summed E-state index contributed by atoms with van der Waals surface area (Å²) < 4.78 is 0. The van der Waals surface area contributed by atoms with Crippen LogP contribution < -0.4 is 4.90 Å². The zero-order chi connectivity index (χ0) is 33.1. The maximum atomic E-state index is 2.56. The van der Waals surface area contributed by atoms with Gasteiger partial charge in [-0.3, -0.25) is 0 Å². The zero-order valence-corrected chi connectivity index (χ0v) is 27.7. The summed E-state index contributed by atoms with van der Waals surface area (Å²) in [4.78, 5) is 2.56. The largest absolute Gasteiger partial charge is 0.334 e. The first-order chi connectivity index (χ1) is 24.8. The lowest BCUT2D eigenvalue weighted by Gasteiger charge is -2.53. The average molecular weight is 638 g/mol. The second kappa shape index (κ2) is 11.5. The molecule has 7 aromatic carbocycles. The molecule has 1 nitrogen and oxygen atoms in total. The van der Waals surface area contributed by atoms with Crippen molar-refractivity contribution in [1.82, 2.24) is 0 Å². The molecule has 1 spiro atoms. The summed E-state index contributed by atoms with van der Waals surface area (Å²) in [5.41, 5.74) is 16.4. The Kier molecular flexibility index (Phi) is 6.60. The van der Waals surface area contributed by atoms with E-state index < -0.39 is 0 Å². The molecule has 7 aromatic rings. The van der Waals surface area contributed by atoms with E-state index in [1.165, 1.54) is 72.6 Å². The second-order valence-electron chi connectivity index (χ2n) is 13.6. The lowest BCUT2D eigenvalue weighted by atomic mass is 9.57. The molecular weight excluding hydrogens is 603 g/mol. The van der Waals surface area contributed by atoms with Crippen LogP contribution in [-0.4, -0.2) is 6.04 Å². The molecule has 0 radical (unpaired) electrons. The van der Waals surface area contributed by atoms with Crippen molar-refractivity contribution in [2.24, 2.45) is 5.92 Å². The Labute approximate surface area is 294 Å². The van der Waals surface area contributed by atoms with Crippen molar-refractivity contribution >= 4 is 11.4 Å². The van der Waals surface area contributed by atoms with E-state index in [0.717, 1.165) is 0 Å². The van der Waals surface area contributed by atoms with E-state index in [2.05, 4.69) is 205 Å². The molecule has 0 saturated heterocycles. The number of benzene rings is 7. The molecule has 0 N–H and O–H groups in total. The molecule has 3 aliphatic rings. The Morgan fingerprint density at radius 1 is 0.380 bits per heavy atom. The minimum Gasteiger partial charge on any atom is -0.334 e. The highest BCUT2D eigenvalue weighted by atomic mass is 15.2. The van der Waals surface area contributed by atoms with E-state index in [-0.39, 0.29) is 17.4 Å². The molecule has 0 aromatic heterocycles. The van der Waals surface area contributed by atoms with Gasteiger partial charge >= 0.3 is 0 Å². The van der Waals surface area contributed by atoms with Gasteiger partial charge in [0.15, 0.2) is 0 Å². The fourth-order valence-corrected chi connectivity index (χ4v) is 9.09. The van der Waals surface area contributed by atoms with E-state index in [4.69, 9.17) is 0 Å². The van der Waals surface area contributed by atoms with E-state index in [0.29, 0.717) is 0 Å². The first-order valence-corrected chi connectivity index (χ1v) is 17.6. The summed E-state index contributed by atoms with van der Waals surface area (Å²) in [5.74, 6) is 0.175. The smallest absolute Gasteiger partial charge is 0.0603 e. The third-order valence-corrected chi connectivity index (χ3v) is 11.1.